The second-order valence-electron chi connectivity index (χ2n) is 7.96. The Bertz CT molecular complexity index is 1420. The molecule has 1 fully saturated rings. The van der Waals surface area contributed by atoms with Gasteiger partial charge in [0.25, 0.3) is 11.7 Å². The van der Waals surface area contributed by atoms with Crippen LogP contribution >= 0.6 is 11.6 Å². The largest absolute Gasteiger partial charge is 0.507 e. The first-order chi connectivity index (χ1) is 17.7. The van der Waals surface area contributed by atoms with Crippen LogP contribution < -0.4 is 19.1 Å². The minimum atomic E-state index is -1.24. The van der Waals surface area contributed by atoms with Gasteiger partial charge in [-0.25, -0.2) is 8.78 Å². The van der Waals surface area contributed by atoms with Gasteiger partial charge in [0.2, 0.25) is 0 Å². The summed E-state index contributed by atoms with van der Waals surface area (Å²) in [5.41, 5.74) is 0.0253. The lowest BCUT2D eigenvalue weighted by atomic mass is 9.94. The minimum absolute atomic E-state index is 0.0711. The fraction of sp³-hybridized carbons (Fsp3) is 0.185. The van der Waals surface area contributed by atoms with Crippen LogP contribution in [-0.4, -0.2) is 37.6 Å². The molecule has 1 unspecified atom stereocenters. The molecular weight excluding hydrogens is 508 g/mol. The smallest absolute Gasteiger partial charge is 0.300 e. The van der Waals surface area contributed by atoms with Crippen molar-refractivity contribution in [2.75, 3.05) is 25.7 Å². The highest BCUT2D eigenvalue weighted by Crippen LogP contribution is 2.45. The van der Waals surface area contributed by atoms with Crippen molar-refractivity contribution in [3.63, 3.8) is 0 Å². The highest BCUT2D eigenvalue weighted by molar-refractivity contribution is 6.51. The molecule has 1 heterocycles. The number of halogens is 3. The van der Waals surface area contributed by atoms with E-state index >= 15 is 0 Å². The lowest BCUT2D eigenvalue weighted by molar-refractivity contribution is -0.132. The number of ether oxygens (including phenoxy) is 3. The van der Waals surface area contributed by atoms with Crippen molar-refractivity contribution in [1.29, 1.82) is 0 Å². The second-order valence-corrected chi connectivity index (χ2v) is 8.39. The lowest BCUT2D eigenvalue weighted by Gasteiger charge is -2.26. The number of anilines is 1. The van der Waals surface area contributed by atoms with Gasteiger partial charge in [-0.1, -0.05) is 17.7 Å². The third kappa shape index (κ3) is 4.70. The quantitative estimate of drug-likeness (QED) is 0.241. The monoisotopic (exact) mass is 529 g/mol. The predicted molar refractivity (Wildman–Crippen MR) is 133 cm³/mol. The van der Waals surface area contributed by atoms with E-state index in [0.717, 1.165) is 17.0 Å². The van der Waals surface area contributed by atoms with Crippen molar-refractivity contribution in [2.45, 2.75) is 13.0 Å². The Morgan fingerprint density at radius 2 is 1.65 bits per heavy atom. The van der Waals surface area contributed by atoms with E-state index in [1.54, 1.807) is 25.1 Å². The zero-order valence-electron chi connectivity index (χ0n) is 20.1. The highest BCUT2D eigenvalue weighted by Gasteiger charge is 2.47. The number of benzene rings is 3. The molecule has 3 aromatic rings. The highest BCUT2D eigenvalue weighted by atomic mass is 35.5. The van der Waals surface area contributed by atoms with Gasteiger partial charge in [-0.3, -0.25) is 14.5 Å². The van der Waals surface area contributed by atoms with Crippen LogP contribution in [0.15, 0.2) is 60.2 Å². The molecule has 0 bridgehead atoms. The van der Waals surface area contributed by atoms with Gasteiger partial charge in [0.1, 0.15) is 11.5 Å². The van der Waals surface area contributed by atoms with Gasteiger partial charge in [-0.15, -0.1) is 0 Å². The van der Waals surface area contributed by atoms with Crippen molar-refractivity contribution in [3.05, 3.63) is 88.0 Å². The molecule has 1 N–H and O–H groups in total. The Hall–Kier alpha value is -4.11. The van der Waals surface area contributed by atoms with Crippen LogP contribution in [0.5, 0.6) is 17.2 Å². The molecular formula is C27H22ClF2NO6. The van der Waals surface area contributed by atoms with E-state index in [1.807, 2.05) is 0 Å². The fourth-order valence-corrected chi connectivity index (χ4v) is 4.36. The van der Waals surface area contributed by atoms with Gasteiger partial charge in [0.15, 0.2) is 23.1 Å². The number of hydrogen-bond donors (Lipinski definition) is 1. The standard InChI is InChI=1S/C27H22ClF2NO6/c1-4-37-22-11-14(5-9-21(22)36-3)24-23(25(32)17-12-15(28)6-10-20(17)35-2)26(33)27(34)31(24)16-7-8-18(29)19(30)13-16/h5-13,24,32H,4H2,1-3H3/b25-23+. The van der Waals surface area contributed by atoms with E-state index in [1.165, 1.54) is 38.5 Å². The summed E-state index contributed by atoms with van der Waals surface area (Å²) >= 11 is 6.13. The predicted octanol–water partition coefficient (Wildman–Crippen LogP) is 5.66. The van der Waals surface area contributed by atoms with Crippen molar-refractivity contribution >= 4 is 34.7 Å². The van der Waals surface area contributed by atoms with Gasteiger partial charge >= 0.3 is 0 Å². The second kappa shape index (κ2) is 10.5. The number of nitrogens with zero attached hydrogens (tertiary/aromatic N) is 1. The summed E-state index contributed by atoms with van der Waals surface area (Å²) in [4.78, 5) is 27.6. The number of hydrogen-bond acceptors (Lipinski definition) is 6. The third-order valence-corrected chi connectivity index (χ3v) is 6.08. The molecule has 0 radical (unpaired) electrons. The summed E-state index contributed by atoms with van der Waals surface area (Å²) < 4.78 is 44.2. The fourth-order valence-electron chi connectivity index (χ4n) is 4.19. The van der Waals surface area contributed by atoms with E-state index in [2.05, 4.69) is 0 Å². The van der Waals surface area contributed by atoms with Crippen molar-refractivity contribution < 1.29 is 37.7 Å². The summed E-state index contributed by atoms with van der Waals surface area (Å²) in [5.74, 6) is -4.06. The van der Waals surface area contributed by atoms with Crippen LogP contribution in [0.2, 0.25) is 5.02 Å². The average molecular weight is 530 g/mol. The number of amides is 1. The van der Waals surface area contributed by atoms with Crippen molar-refractivity contribution in [2.24, 2.45) is 0 Å². The number of aliphatic hydroxyl groups is 1. The topological polar surface area (TPSA) is 85.3 Å². The van der Waals surface area contributed by atoms with Crippen LogP contribution in [0, 0.1) is 11.6 Å². The maximum absolute atomic E-state index is 14.2. The Morgan fingerprint density at radius 3 is 2.30 bits per heavy atom. The van der Waals surface area contributed by atoms with Gasteiger partial charge < -0.3 is 19.3 Å². The van der Waals surface area contributed by atoms with Crippen LogP contribution in [-0.2, 0) is 9.59 Å². The van der Waals surface area contributed by atoms with E-state index in [4.69, 9.17) is 25.8 Å². The molecule has 1 atom stereocenters. The molecule has 4 rings (SSSR count). The normalized spacial score (nSPS) is 16.7. The molecule has 7 nitrogen and oxygen atoms in total. The lowest BCUT2D eigenvalue weighted by Crippen LogP contribution is -2.29. The summed E-state index contributed by atoms with van der Waals surface area (Å²) in [6, 6.07) is 10.7. The molecule has 0 spiro atoms. The van der Waals surface area contributed by atoms with Crippen molar-refractivity contribution in [3.8, 4) is 17.2 Å². The number of Topliss-reactive ketones (excluding diaryl/α,β-unsaturated/α-hetero) is 1. The maximum atomic E-state index is 14.2. The van der Waals surface area contributed by atoms with Gasteiger partial charge in [-0.2, -0.15) is 0 Å². The van der Waals surface area contributed by atoms with E-state index in [0.29, 0.717) is 23.7 Å². The summed E-state index contributed by atoms with van der Waals surface area (Å²) in [7, 11) is 2.82. The Labute approximate surface area is 216 Å². The molecule has 3 aromatic carbocycles. The first-order valence-electron chi connectivity index (χ1n) is 11.1. The zero-order chi connectivity index (χ0) is 26.9. The molecule has 1 amide bonds. The Kier molecular flexibility index (Phi) is 7.35. The zero-order valence-corrected chi connectivity index (χ0v) is 20.8. The molecule has 0 saturated carbocycles. The van der Waals surface area contributed by atoms with E-state index in [-0.39, 0.29) is 27.6 Å². The summed E-state index contributed by atoms with van der Waals surface area (Å²) in [5, 5.41) is 11.6. The van der Waals surface area contributed by atoms with Crippen LogP contribution in [0.3, 0.4) is 0 Å². The van der Waals surface area contributed by atoms with E-state index in [9.17, 15) is 23.5 Å². The van der Waals surface area contributed by atoms with Gasteiger partial charge in [-0.05, 0) is 55.0 Å². The van der Waals surface area contributed by atoms with Gasteiger partial charge in [0, 0.05) is 16.8 Å². The summed E-state index contributed by atoms with van der Waals surface area (Å²) in [6.45, 7) is 2.06. The van der Waals surface area contributed by atoms with Crippen molar-refractivity contribution in [1.82, 2.24) is 0 Å². The first kappa shape index (κ1) is 26.0. The number of carbonyl (C=O) groups is 2. The minimum Gasteiger partial charge on any atom is -0.507 e. The maximum Gasteiger partial charge on any atom is 0.300 e. The number of aliphatic hydroxyl groups excluding tert-OH is 1. The Morgan fingerprint density at radius 1 is 0.946 bits per heavy atom. The number of rotatable bonds is 7. The third-order valence-electron chi connectivity index (χ3n) is 5.85. The van der Waals surface area contributed by atoms with Crippen LogP contribution in [0.4, 0.5) is 14.5 Å². The van der Waals surface area contributed by atoms with Crippen LogP contribution in [0.1, 0.15) is 24.1 Å². The number of methoxy groups -OCH3 is 2. The molecule has 1 aliphatic rings. The average Bonchev–Trinajstić information content (AvgIpc) is 3.15. The number of ketones is 1. The molecule has 192 valence electrons. The molecule has 0 aliphatic carbocycles. The van der Waals surface area contributed by atoms with Crippen LogP contribution in [0.25, 0.3) is 5.76 Å². The van der Waals surface area contributed by atoms with E-state index < -0.39 is 35.1 Å². The molecule has 10 heteroatoms. The number of carbonyl (C=O) groups excluding carboxylic acids is 2. The Balaban J connectivity index is 2.01. The first-order valence-corrected chi connectivity index (χ1v) is 11.5. The molecule has 37 heavy (non-hydrogen) atoms. The summed E-state index contributed by atoms with van der Waals surface area (Å²) in [6.07, 6.45) is 0. The molecule has 0 aromatic heterocycles. The van der Waals surface area contributed by atoms with Gasteiger partial charge in [0.05, 0.1) is 38.0 Å². The molecule has 1 saturated heterocycles. The SMILES string of the molecule is CCOc1cc(C2/C(=C(\O)c3cc(Cl)ccc3OC)C(=O)C(=O)N2c2ccc(F)c(F)c2)ccc1OC. The molecule has 1 aliphatic heterocycles.